The molecule has 1 amide bonds. The highest BCUT2D eigenvalue weighted by Gasteiger charge is 2.10. The van der Waals surface area contributed by atoms with E-state index in [4.69, 9.17) is 9.47 Å². The van der Waals surface area contributed by atoms with Gasteiger partial charge in [-0.15, -0.1) is 0 Å². The molecule has 3 rings (SSSR count). The van der Waals surface area contributed by atoms with E-state index in [1.54, 1.807) is 32.4 Å². The molecular formula is C21H19FN2O4. The zero-order valence-electron chi connectivity index (χ0n) is 15.4. The molecule has 6 nitrogen and oxygen atoms in total. The van der Waals surface area contributed by atoms with E-state index in [9.17, 15) is 14.0 Å². The number of pyridine rings is 1. The molecule has 0 spiro atoms. The number of benzene rings is 2. The van der Waals surface area contributed by atoms with E-state index in [1.807, 2.05) is 0 Å². The number of nitrogens with zero attached hydrogens (tertiary/aromatic N) is 1. The summed E-state index contributed by atoms with van der Waals surface area (Å²) >= 11 is 0. The quantitative estimate of drug-likeness (QED) is 0.710. The molecule has 2 aromatic carbocycles. The number of carbonyl (C=O) groups is 1. The number of methoxy groups -OCH3 is 2. The van der Waals surface area contributed by atoms with Gasteiger partial charge in [0.15, 0.2) is 0 Å². The molecule has 0 atom stereocenters. The van der Waals surface area contributed by atoms with Crippen molar-refractivity contribution in [1.82, 2.24) is 4.57 Å². The number of nitrogens with one attached hydrogen (secondary N) is 1. The molecule has 0 fully saturated rings. The molecule has 144 valence electrons. The van der Waals surface area contributed by atoms with Gasteiger partial charge in [0.1, 0.15) is 17.3 Å². The molecule has 7 heteroatoms. The van der Waals surface area contributed by atoms with E-state index >= 15 is 0 Å². The van der Waals surface area contributed by atoms with Crippen LogP contribution in [0.3, 0.4) is 0 Å². The fourth-order valence-electron chi connectivity index (χ4n) is 2.68. The minimum atomic E-state index is -0.399. The average molecular weight is 382 g/mol. The normalized spacial score (nSPS) is 10.4. The van der Waals surface area contributed by atoms with Crippen LogP contribution in [0.25, 0.3) is 0 Å². The maximum atomic E-state index is 13.0. The van der Waals surface area contributed by atoms with Gasteiger partial charge >= 0.3 is 0 Å². The third-order valence-corrected chi connectivity index (χ3v) is 4.11. The van der Waals surface area contributed by atoms with Gasteiger partial charge in [0, 0.05) is 24.0 Å². The Hall–Kier alpha value is -3.61. The number of halogens is 1. The lowest BCUT2D eigenvalue weighted by Gasteiger charge is -2.11. The Morgan fingerprint density at radius 3 is 2.25 bits per heavy atom. The minimum Gasteiger partial charge on any atom is -0.497 e. The van der Waals surface area contributed by atoms with Gasteiger partial charge in [-0.1, -0.05) is 0 Å². The van der Waals surface area contributed by atoms with Gasteiger partial charge in [0.25, 0.3) is 11.5 Å². The monoisotopic (exact) mass is 382 g/mol. The number of hydrogen-bond donors (Lipinski definition) is 1. The van der Waals surface area contributed by atoms with Crippen LogP contribution in [0, 0.1) is 5.82 Å². The summed E-state index contributed by atoms with van der Waals surface area (Å²) in [6, 6.07) is 13.5. The molecular weight excluding hydrogens is 363 g/mol. The van der Waals surface area contributed by atoms with Crippen molar-refractivity contribution in [3.63, 3.8) is 0 Å². The van der Waals surface area contributed by atoms with E-state index < -0.39 is 5.91 Å². The third-order valence-electron chi connectivity index (χ3n) is 4.11. The smallest absolute Gasteiger partial charge is 0.257 e. The van der Waals surface area contributed by atoms with Gasteiger partial charge < -0.3 is 19.4 Å². The van der Waals surface area contributed by atoms with E-state index in [2.05, 4.69) is 5.32 Å². The molecule has 0 radical (unpaired) electrons. The summed E-state index contributed by atoms with van der Waals surface area (Å²) in [5.41, 5.74) is 1.30. The van der Waals surface area contributed by atoms with Gasteiger partial charge in [-0.25, -0.2) is 4.39 Å². The van der Waals surface area contributed by atoms with Crippen molar-refractivity contribution in [3.8, 4) is 11.5 Å². The highest BCUT2D eigenvalue weighted by molar-refractivity contribution is 6.04. The average Bonchev–Trinajstić information content (AvgIpc) is 2.71. The number of hydrogen-bond acceptors (Lipinski definition) is 4. The molecule has 0 saturated heterocycles. The third kappa shape index (κ3) is 4.56. The number of amides is 1. The Kier molecular flexibility index (Phi) is 5.74. The Morgan fingerprint density at radius 1 is 1.00 bits per heavy atom. The van der Waals surface area contributed by atoms with Gasteiger partial charge in [-0.2, -0.15) is 0 Å². The van der Waals surface area contributed by atoms with E-state index in [0.717, 1.165) is 5.56 Å². The molecule has 0 aliphatic heterocycles. The SMILES string of the molecule is COc1cc(Cn2cc(C(=O)Nc3ccc(F)cc3)ccc2=O)cc(OC)c1. The molecule has 1 aromatic heterocycles. The fourth-order valence-corrected chi connectivity index (χ4v) is 2.68. The van der Waals surface area contributed by atoms with Crippen LogP contribution < -0.4 is 20.3 Å². The molecule has 1 N–H and O–H groups in total. The molecule has 0 aliphatic rings. The van der Waals surface area contributed by atoms with Crippen LogP contribution in [0.2, 0.25) is 0 Å². The van der Waals surface area contributed by atoms with Crippen molar-refractivity contribution in [3.05, 3.63) is 88.1 Å². The van der Waals surface area contributed by atoms with Crippen molar-refractivity contribution >= 4 is 11.6 Å². The predicted octanol–water partition coefficient (Wildman–Crippen LogP) is 3.31. The van der Waals surface area contributed by atoms with Crippen molar-refractivity contribution in [2.75, 3.05) is 19.5 Å². The maximum Gasteiger partial charge on any atom is 0.257 e. The topological polar surface area (TPSA) is 69.6 Å². The lowest BCUT2D eigenvalue weighted by atomic mass is 10.2. The largest absolute Gasteiger partial charge is 0.497 e. The highest BCUT2D eigenvalue weighted by atomic mass is 19.1. The van der Waals surface area contributed by atoms with Crippen LogP contribution in [0.4, 0.5) is 10.1 Å². The molecule has 0 unspecified atom stereocenters. The van der Waals surface area contributed by atoms with Crippen LogP contribution in [0.5, 0.6) is 11.5 Å². The summed E-state index contributed by atoms with van der Waals surface area (Å²) in [5.74, 6) is 0.420. The fraction of sp³-hybridized carbons (Fsp3) is 0.143. The highest BCUT2D eigenvalue weighted by Crippen LogP contribution is 2.23. The number of aromatic nitrogens is 1. The van der Waals surface area contributed by atoms with Crippen molar-refractivity contribution in [2.24, 2.45) is 0 Å². The number of rotatable bonds is 6. The first-order valence-corrected chi connectivity index (χ1v) is 8.48. The summed E-state index contributed by atoms with van der Waals surface area (Å²) in [6.07, 6.45) is 1.48. The lowest BCUT2D eigenvalue weighted by molar-refractivity contribution is 0.102. The second kappa shape index (κ2) is 8.39. The second-order valence-corrected chi connectivity index (χ2v) is 6.07. The van der Waals surface area contributed by atoms with Crippen molar-refractivity contribution in [2.45, 2.75) is 6.54 Å². The molecule has 0 saturated carbocycles. The Balaban J connectivity index is 1.84. The van der Waals surface area contributed by atoms with E-state index in [0.29, 0.717) is 22.7 Å². The van der Waals surface area contributed by atoms with Crippen LogP contribution in [0.1, 0.15) is 15.9 Å². The first-order chi connectivity index (χ1) is 13.5. The summed E-state index contributed by atoms with van der Waals surface area (Å²) in [5, 5.41) is 2.67. The Labute approximate surface area is 161 Å². The molecule has 1 heterocycles. The van der Waals surface area contributed by atoms with Crippen LogP contribution >= 0.6 is 0 Å². The summed E-state index contributed by atoms with van der Waals surface area (Å²) in [6.45, 7) is 0.240. The van der Waals surface area contributed by atoms with Crippen LogP contribution in [0.15, 0.2) is 65.6 Å². The standard InChI is InChI=1S/C21H19FN2O4/c1-27-18-9-14(10-19(11-18)28-2)12-24-13-15(3-8-20(24)25)21(26)23-17-6-4-16(22)5-7-17/h3-11,13H,12H2,1-2H3,(H,23,26). The van der Waals surface area contributed by atoms with Crippen LogP contribution in [-0.4, -0.2) is 24.7 Å². The van der Waals surface area contributed by atoms with Gasteiger partial charge in [-0.05, 0) is 48.0 Å². The van der Waals surface area contributed by atoms with Crippen LogP contribution in [-0.2, 0) is 6.54 Å². The minimum absolute atomic E-state index is 0.240. The van der Waals surface area contributed by atoms with E-state index in [1.165, 1.54) is 47.2 Å². The summed E-state index contributed by atoms with van der Waals surface area (Å²) < 4.78 is 24.9. The van der Waals surface area contributed by atoms with Gasteiger partial charge in [0.2, 0.25) is 0 Å². The zero-order valence-corrected chi connectivity index (χ0v) is 15.4. The van der Waals surface area contributed by atoms with Crippen molar-refractivity contribution < 1.29 is 18.7 Å². The molecule has 28 heavy (non-hydrogen) atoms. The first kappa shape index (κ1) is 19.2. The Morgan fingerprint density at radius 2 is 1.64 bits per heavy atom. The second-order valence-electron chi connectivity index (χ2n) is 6.07. The predicted molar refractivity (Wildman–Crippen MR) is 104 cm³/mol. The van der Waals surface area contributed by atoms with E-state index in [-0.39, 0.29) is 17.9 Å². The lowest BCUT2D eigenvalue weighted by Crippen LogP contribution is -2.22. The first-order valence-electron chi connectivity index (χ1n) is 8.48. The van der Waals surface area contributed by atoms with Crippen molar-refractivity contribution in [1.29, 1.82) is 0 Å². The number of anilines is 1. The summed E-state index contributed by atoms with van der Waals surface area (Å²) in [7, 11) is 3.09. The van der Waals surface area contributed by atoms with Gasteiger partial charge in [0.05, 0.1) is 26.3 Å². The molecule has 0 bridgehead atoms. The van der Waals surface area contributed by atoms with Gasteiger partial charge in [-0.3, -0.25) is 9.59 Å². The maximum absolute atomic E-state index is 13.0. The Bertz CT molecular complexity index is 1020. The number of carbonyl (C=O) groups excluding carboxylic acids is 1. The summed E-state index contributed by atoms with van der Waals surface area (Å²) in [4.78, 5) is 24.7. The zero-order chi connectivity index (χ0) is 20.1. The molecule has 0 aliphatic carbocycles. The number of ether oxygens (including phenoxy) is 2. The molecule has 3 aromatic rings.